The first-order valence-electron chi connectivity index (χ1n) is 9.69. The molecular formula is C21H18N4O4S. The van der Waals surface area contributed by atoms with Gasteiger partial charge in [0, 0.05) is 10.3 Å². The van der Waals surface area contributed by atoms with Crippen molar-refractivity contribution >= 4 is 38.3 Å². The van der Waals surface area contributed by atoms with Crippen LogP contribution in [0.5, 0.6) is 0 Å². The zero-order valence-electron chi connectivity index (χ0n) is 16.2. The number of carbonyl (C=O) groups is 1. The molecule has 30 heavy (non-hydrogen) atoms. The van der Waals surface area contributed by atoms with E-state index in [9.17, 15) is 14.4 Å². The first-order chi connectivity index (χ1) is 14.5. The number of thiophene rings is 1. The van der Waals surface area contributed by atoms with Crippen LogP contribution in [0.3, 0.4) is 0 Å². The lowest BCUT2D eigenvalue weighted by Crippen LogP contribution is -2.18. The van der Waals surface area contributed by atoms with Crippen LogP contribution in [0, 0.1) is 5.92 Å². The molecule has 1 aliphatic rings. The van der Waals surface area contributed by atoms with E-state index in [4.69, 9.17) is 4.74 Å². The van der Waals surface area contributed by atoms with E-state index in [1.165, 1.54) is 4.88 Å². The van der Waals surface area contributed by atoms with Crippen molar-refractivity contribution < 1.29 is 9.53 Å². The average molecular weight is 422 g/mol. The van der Waals surface area contributed by atoms with Gasteiger partial charge in [-0.25, -0.2) is 14.9 Å². The number of rotatable bonds is 3. The Morgan fingerprint density at radius 3 is 2.87 bits per heavy atom. The summed E-state index contributed by atoms with van der Waals surface area (Å²) in [5.41, 5.74) is 0.531. The van der Waals surface area contributed by atoms with E-state index in [0.29, 0.717) is 26.9 Å². The number of H-pyrrole nitrogens is 2. The van der Waals surface area contributed by atoms with Crippen molar-refractivity contribution in [1.82, 2.24) is 20.2 Å². The Labute approximate surface area is 173 Å². The molecule has 0 radical (unpaired) electrons. The van der Waals surface area contributed by atoms with Crippen molar-refractivity contribution in [1.29, 1.82) is 0 Å². The number of aromatic nitrogens is 4. The normalized spacial score (nSPS) is 16.0. The summed E-state index contributed by atoms with van der Waals surface area (Å²) in [6.45, 7) is 2.02. The molecule has 0 fully saturated rings. The molecule has 2 N–H and O–H groups in total. The van der Waals surface area contributed by atoms with E-state index in [0.717, 1.165) is 24.8 Å². The average Bonchev–Trinajstić information content (AvgIpc) is 3.10. The van der Waals surface area contributed by atoms with Crippen molar-refractivity contribution in [2.75, 3.05) is 0 Å². The Morgan fingerprint density at radius 1 is 1.23 bits per heavy atom. The van der Waals surface area contributed by atoms with Gasteiger partial charge in [0.2, 0.25) is 0 Å². The van der Waals surface area contributed by atoms with Gasteiger partial charge in [-0.2, -0.15) is 5.10 Å². The third-order valence-corrected chi connectivity index (χ3v) is 6.59. The van der Waals surface area contributed by atoms with Crippen molar-refractivity contribution in [3.8, 4) is 0 Å². The molecular weight excluding hydrogens is 404 g/mol. The monoisotopic (exact) mass is 422 g/mol. The molecule has 1 unspecified atom stereocenters. The lowest BCUT2D eigenvalue weighted by molar-refractivity contribution is 0.0456. The molecule has 0 spiro atoms. The van der Waals surface area contributed by atoms with Crippen molar-refractivity contribution in [3.05, 3.63) is 66.9 Å². The fourth-order valence-corrected chi connectivity index (χ4v) is 5.34. The molecule has 0 bridgehead atoms. The number of hydrogen-bond donors (Lipinski definition) is 2. The molecule has 5 rings (SSSR count). The molecule has 0 aliphatic heterocycles. The highest BCUT2D eigenvalue weighted by Crippen LogP contribution is 2.35. The first kappa shape index (κ1) is 18.7. The summed E-state index contributed by atoms with van der Waals surface area (Å²) < 4.78 is 5.33. The summed E-state index contributed by atoms with van der Waals surface area (Å²) >= 11 is 1.54. The van der Waals surface area contributed by atoms with Gasteiger partial charge in [-0.3, -0.25) is 9.59 Å². The Kier molecular flexibility index (Phi) is 4.47. The Bertz CT molecular complexity index is 1420. The number of nitrogens with one attached hydrogen (secondary N) is 2. The minimum absolute atomic E-state index is 0.00852. The largest absolute Gasteiger partial charge is 0.453 e. The van der Waals surface area contributed by atoms with Crippen molar-refractivity contribution in [2.24, 2.45) is 5.92 Å². The number of aromatic amines is 2. The van der Waals surface area contributed by atoms with Gasteiger partial charge < -0.3 is 9.72 Å². The maximum absolute atomic E-state index is 12.7. The van der Waals surface area contributed by atoms with Crippen molar-refractivity contribution in [2.45, 2.75) is 32.8 Å². The highest BCUT2D eigenvalue weighted by molar-refractivity contribution is 7.18. The van der Waals surface area contributed by atoms with Gasteiger partial charge in [0.25, 0.3) is 11.1 Å². The van der Waals surface area contributed by atoms with Gasteiger partial charge in [0.1, 0.15) is 17.3 Å². The van der Waals surface area contributed by atoms with Crippen LogP contribution in [0.25, 0.3) is 21.0 Å². The van der Waals surface area contributed by atoms with Crippen LogP contribution in [0.15, 0.2) is 33.9 Å². The quantitative estimate of drug-likeness (QED) is 0.490. The van der Waals surface area contributed by atoms with E-state index in [1.807, 2.05) is 0 Å². The highest BCUT2D eigenvalue weighted by Gasteiger charge is 2.23. The third kappa shape index (κ3) is 3.11. The molecule has 3 aromatic heterocycles. The fourth-order valence-electron chi connectivity index (χ4n) is 3.93. The molecule has 152 valence electrons. The number of ether oxygens (including phenoxy) is 1. The van der Waals surface area contributed by atoms with Gasteiger partial charge in [0.15, 0.2) is 5.69 Å². The van der Waals surface area contributed by atoms with E-state index in [2.05, 4.69) is 27.1 Å². The Morgan fingerprint density at radius 2 is 2.03 bits per heavy atom. The summed E-state index contributed by atoms with van der Waals surface area (Å²) in [4.78, 5) is 46.3. The number of esters is 1. The summed E-state index contributed by atoms with van der Waals surface area (Å²) in [7, 11) is 0. The predicted molar refractivity (Wildman–Crippen MR) is 113 cm³/mol. The topological polar surface area (TPSA) is 118 Å². The van der Waals surface area contributed by atoms with E-state index in [-0.39, 0.29) is 29.2 Å². The SMILES string of the molecule is CC1CCc2c(sc3nc(COC(=O)c4n[nH]c(=O)c5ccccc45)[nH]c(=O)c23)C1. The van der Waals surface area contributed by atoms with Crippen LogP contribution in [-0.2, 0) is 24.2 Å². The lowest BCUT2D eigenvalue weighted by atomic mass is 9.89. The number of aryl methyl sites for hydroxylation is 1. The third-order valence-electron chi connectivity index (χ3n) is 5.44. The van der Waals surface area contributed by atoms with Gasteiger partial charge in [-0.05, 0) is 36.8 Å². The Hall–Kier alpha value is -3.33. The molecule has 8 nitrogen and oxygen atoms in total. The van der Waals surface area contributed by atoms with E-state index < -0.39 is 5.97 Å². The van der Waals surface area contributed by atoms with Crippen LogP contribution in [0.2, 0.25) is 0 Å². The molecule has 0 saturated carbocycles. The zero-order valence-corrected chi connectivity index (χ0v) is 17.0. The second kappa shape index (κ2) is 7.17. The number of hydrogen-bond acceptors (Lipinski definition) is 7. The second-order valence-electron chi connectivity index (χ2n) is 7.57. The molecule has 0 saturated heterocycles. The van der Waals surface area contributed by atoms with E-state index >= 15 is 0 Å². The van der Waals surface area contributed by atoms with Gasteiger partial charge in [-0.1, -0.05) is 25.1 Å². The summed E-state index contributed by atoms with van der Waals surface area (Å²) in [6, 6.07) is 6.67. The van der Waals surface area contributed by atoms with Crippen LogP contribution < -0.4 is 11.1 Å². The zero-order chi connectivity index (χ0) is 20.8. The molecule has 1 atom stereocenters. The van der Waals surface area contributed by atoms with Crippen molar-refractivity contribution in [3.63, 3.8) is 0 Å². The maximum atomic E-state index is 12.7. The van der Waals surface area contributed by atoms with Crippen LogP contribution >= 0.6 is 11.3 Å². The Balaban J connectivity index is 1.43. The second-order valence-corrected chi connectivity index (χ2v) is 8.65. The predicted octanol–water partition coefficient (Wildman–Crippen LogP) is 2.70. The fraction of sp³-hybridized carbons (Fsp3) is 0.286. The van der Waals surface area contributed by atoms with Gasteiger partial charge >= 0.3 is 5.97 Å². The first-order valence-corrected chi connectivity index (χ1v) is 10.5. The van der Waals surface area contributed by atoms with Crippen LogP contribution in [0.4, 0.5) is 0 Å². The summed E-state index contributed by atoms with van der Waals surface area (Å²) in [5.74, 6) is 0.176. The highest BCUT2D eigenvalue weighted by atomic mass is 32.1. The van der Waals surface area contributed by atoms with Gasteiger partial charge in [0.05, 0.1) is 10.8 Å². The van der Waals surface area contributed by atoms with Gasteiger partial charge in [-0.15, -0.1) is 11.3 Å². The molecule has 9 heteroatoms. The van der Waals surface area contributed by atoms with Crippen LogP contribution in [0.1, 0.15) is 40.1 Å². The molecule has 4 aromatic rings. The maximum Gasteiger partial charge on any atom is 0.359 e. The molecule has 3 heterocycles. The smallest absolute Gasteiger partial charge is 0.359 e. The number of carbonyl (C=O) groups excluding carboxylic acids is 1. The lowest BCUT2D eigenvalue weighted by Gasteiger charge is -2.17. The standard InChI is InChI=1S/C21H18N4O4S/c1-10-6-7-13-14(8-10)30-20-16(13)19(27)22-15(23-20)9-29-21(28)17-11-4-2-3-5-12(11)18(26)25-24-17/h2-5,10H,6-9H2,1H3,(H,25,26)(H,22,23,27). The van der Waals surface area contributed by atoms with E-state index in [1.54, 1.807) is 35.6 Å². The number of nitrogens with zero attached hydrogens (tertiary/aromatic N) is 2. The molecule has 1 aromatic carbocycles. The van der Waals surface area contributed by atoms with Crippen LogP contribution in [-0.4, -0.2) is 26.1 Å². The number of fused-ring (bicyclic) bond motifs is 4. The molecule has 1 aliphatic carbocycles. The summed E-state index contributed by atoms with van der Waals surface area (Å²) in [6.07, 6.45) is 2.92. The number of benzene rings is 1. The minimum atomic E-state index is -0.704. The minimum Gasteiger partial charge on any atom is -0.453 e. The summed E-state index contributed by atoms with van der Waals surface area (Å²) in [5, 5.41) is 7.56. The molecule has 0 amide bonds.